The first-order chi connectivity index (χ1) is 18.0. The van der Waals surface area contributed by atoms with E-state index in [0.29, 0.717) is 10.8 Å². The largest absolute Gasteiger partial charge is 0.497 e. The number of nitrogens with zero attached hydrogens (tertiary/aromatic N) is 2. The predicted molar refractivity (Wildman–Crippen MR) is 149 cm³/mol. The summed E-state index contributed by atoms with van der Waals surface area (Å²) in [5, 5.41) is 3.15. The van der Waals surface area contributed by atoms with Crippen LogP contribution in [0.5, 0.6) is 5.75 Å². The van der Waals surface area contributed by atoms with E-state index in [1.54, 1.807) is 74.7 Å². The number of ether oxygens (including phenoxy) is 1. The zero-order chi connectivity index (χ0) is 27.9. The number of carbonyl (C=O) groups is 2. The van der Waals surface area contributed by atoms with Crippen LogP contribution in [0.25, 0.3) is 0 Å². The molecular weight excluding hydrogens is 526 g/mol. The molecular formula is C28H32ClN3O5S. The van der Waals surface area contributed by atoms with Crippen molar-refractivity contribution in [2.24, 2.45) is 0 Å². The highest BCUT2D eigenvalue weighted by Gasteiger charge is 2.32. The Kier molecular flexibility index (Phi) is 9.77. The van der Waals surface area contributed by atoms with Crippen molar-refractivity contribution in [2.75, 3.05) is 18.0 Å². The Bertz CT molecular complexity index is 1350. The van der Waals surface area contributed by atoms with Gasteiger partial charge in [0.05, 0.1) is 17.7 Å². The van der Waals surface area contributed by atoms with Gasteiger partial charge in [-0.3, -0.25) is 13.9 Å². The third-order valence-electron chi connectivity index (χ3n) is 5.82. The fraction of sp³-hybridized carbons (Fsp3) is 0.286. The fourth-order valence-electron chi connectivity index (χ4n) is 3.80. The molecule has 0 fully saturated rings. The van der Waals surface area contributed by atoms with E-state index >= 15 is 0 Å². The van der Waals surface area contributed by atoms with Crippen molar-refractivity contribution in [2.45, 2.75) is 44.3 Å². The van der Waals surface area contributed by atoms with Crippen molar-refractivity contribution in [1.82, 2.24) is 10.2 Å². The molecule has 0 bridgehead atoms. The Morgan fingerprint density at radius 2 is 1.61 bits per heavy atom. The van der Waals surface area contributed by atoms with Crippen LogP contribution in [-0.2, 0) is 26.2 Å². The van der Waals surface area contributed by atoms with Crippen LogP contribution < -0.4 is 14.4 Å². The molecule has 0 aliphatic rings. The van der Waals surface area contributed by atoms with Gasteiger partial charge in [0.2, 0.25) is 11.8 Å². The summed E-state index contributed by atoms with van der Waals surface area (Å²) < 4.78 is 33.6. The Hall–Kier alpha value is -3.56. The zero-order valence-corrected chi connectivity index (χ0v) is 23.4. The van der Waals surface area contributed by atoms with Gasteiger partial charge >= 0.3 is 0 Å². The van der Waals surface area contributed by atoms with Crippen LogP contribution in [0.2, 0.25) is 5.02 Å². The van der Waals surface area contributed by atoms with E-state index in [0.717, 1.165) is 9.87 Å². The molecule has 8 nitrogen and oxygen atoms in total. The highest BCUT2D eigenvalue weighted by atomic mass is 35.5. The lowest BCUT2D eigenvalue weighted by Gasteiger charge is -2.32. The van der Waals surface area contributed by atoms with Gasteiger partial charge in [0.25, 0.3) is 10.0 Å². The summed E-state index contributed by atoms with van der Waals surface area (Å²) in [6.45, 7) is 4.83. The lowest BCUT2D eigenvalue weighted by molar-refractivity contribution is -0.139. The van der Waals surface area contributed by atoms with Gasteiger partial charge in [-0.05, 0) is 68.8 Å². The molecule has 0 radical (unpaired) electrons. The van der Waals surface area contributed by atoms with Crippen LogP contribution in [0.3, 0.4) is 0 Å². The number of nitrogens with one attached hydrogen (secondary N) is 1. The average molecular weight is 558 g/mol. The maximum Gasteiger partial charge on any atom is 0.264 e. The predicted octanol–water partition coefficient (Wildman–Crippen LogP) is 4.49. The third-order valence-corrected chi connectivity index (χ3v) is 7.84. The smallest absolute Gasteiger partial charge is 0.264 e. The Labute approximate surface area is 229 Å². The number of sulfonamides is 1. The topological polar surface area (TPSA) is 96.0 Å². The van der Waals surface area contributed by atoms with Crippen LogP contribution in [0.15, 0.2) is 83.8 Å². The molecule has 3 aromatic rings. The Morgan fingerprint density at radius 1 is 0.947 bits per heavy atom. The van der Waals surface area contributed by atoms with Crippen molar-refractivity contribution in [3.05, 3.63) is 89.4 Å². The summed E-state index contributed by atoms with van der Waals surface area (Å²) in [6.07, 6.45) is 0. The molecule has 10 heteroatoms. The molecule has 0 aromatic heterocycles. The molecule has 0 aliphatic heterocycles. The number of carbonyl (C=O) groups excluding carboxylic acids is 2. The molecule has 2 amide bonds. The molecule has 0 saturated heterocycles. The maximum absolute atomic E-state index is 13.8. The highest BCUT2D eigenvalue weighted by molar-refractivity contribution is 7.92. The molecule has 0 saturated carbocycles. The first-order valence-electron chi connectivity index (χ1n) is 12.1. The number of rotatable bonds is 11. The van der Waals surface area contributed by atoms with E-state index in [4.69, 9.17) is 16.3 Å². The van der Waals surface area contributed by atoms with Crippen molar-refractivity contribution < 1.29 is 22.7 Å². The molecule has 0 spiro atoms. The summed E-state index contributed by atoms with van der Waals surface area (Å²) in [5.41, 5.74) is 0.988. The lowest BCUT2D eigenvalue weighted by atomic mass is 10.1. The Balaban J connectivity index is 2.01. The average Bonchev–Trinajstić information content (AvgIpc) is 2.90. The third kappa shape index (κ3) is 7.26. The molecule has 202 valence electrons. The number of amides is 2. The van der Waals surface area contributed by atoms with E-state index in [2.05, 4.69) is 5.32 Å². The second-order valence-electron chi connectivity index (χ2n) is 9.01. The van der Waals surface area contributed by atoms with E-state index in [1.807, 2.05) is 13.8 Å². The molecule has 3 rings (SSSR count). The molecule has 38 heavy (non-hydrogen) atoms. The van der Waals surface area contributed by atoms with E-state index in [-0.39, 0.29) is 29.1 Å². The van der Waals surface area contributed by atoms with E-state index < -0.39 is 28.5 Å². The van der Waals surface area contributed by atoms with Gasteiger partial charge in [0.1, 0.15) is 18.3 Å². The SMILES string of the molecule is COc1ccc(CN(C(=O)CN(c2cccc(Cl)c2)S(=O)(=O)c2ccccc2)C(C)C(=O)NC(C)C)cc1. The number of halogens is 1. The summed E-state index contributed by atoms with van der Waals surface area (Å²) in [6, 6.07) is 20.2. The van der Waals surface area contributed by atoms with Crippen LogP contribution in [-0.4, -0.2) is 50.9 Å². The Morgan fingerprint density at radius 3 is 2.18 bits per heavy atom. The van der Waals surface area contributed by atoms with Crippen LogP contribution in [0, 0.1) is 0 Å². The van der Waals surface area contributed by atoms with Crippen molar-refractivity contribution in [1.29, 1.82) is 0 Å². The zero-order valence-electron chi connectivity index (χ0n) is 21.8. The van der Waals surface area contributed by atoms with Crippen LogP contribution >= 0.6 is 11.6 Å². The lowest BCUT2D eigenvalue weighted by Crippen LogP contribution is -2.52. The van der Waals surface area contributed by atoms with Gasteiger partial charge in [0.15, 0.2) is 0 Å². The minimum absolute atomic E-state index is 0.0279. The van der Waals surface area contributed by atoms with Crippen LogP contribution in [0.1, 0.15) is 26.3 Å². The first kappa shape index (κ1) is 29.0. The summed E-state index contributed by atoms with van der Waals surface area (Å²) in [4.78, 5) is 28.2. The normalized spacial score (nSPS) is 12.1. The minimum Gasteiger partial charge on any atom is -0.497 e. The van der Waals surface area contributed by atoms with Gasteiger partial charge < -0.3 is 15.0 Å². The van der Waals surface area contributed by atoms with Crippen molar-refractivity contribution >= 4 is 39.1 Å². The van der Waals surface area contributed by atoms with Crippen molar-refractivity contribution in [3.8, 4) is 5.75 Å². The number of anilines is 1. The second kappa shape index (κ2) is 12.8. The highest BCUT2D eigenvalue weighted by Crippen LogP contribution is 2.27. The van der Waals surface area contributed by atoms with Crippen molar-refractivity contribution in [3.63, 3.8) is 0 Å². The first-order valence-corrected chi connectivity index (χ1v) is 13.9. The second-order valence-corrected chi connectivity index (χ2v) is 11.3. The van der Waals surface area contributed by atoms with Gasteiger partial charge in [-0.25, -0.2) is 8.42 Å². The molecule has 3 aromatic carbocycles. The number of benzene rings is 3. The quantitative estimate of drug-likeness (QED) is 0.375. The van der Waals surface area contributed by atoms with Crippen LogP contribution in [0.4, 0.5) is 5.69 Å². The molecule has 0 aliphatic carbocycles. The summed E-state index contributed by atoms with van der Waals surface area (Å²) in [5.74, 6) is -0.243. The van der Waals surface area contributed by atoms with Gasteiger partial charge in [0, 0.05) is 17.6 Å². The molecule has 1 unspecified atom stereocenters. The van der Waals surface area contributed by atoms with Gasteiger partial charge in [-0.15, -0.1) is 0 Å². The maximum atomic E-state index is 13.8. The summed E-state index contributed by atoms with van der Waals surface area (Å²) >= 11 is 6.18. The molecule has 1 N–H and O–H groups in total. The molecule has 1 atom stereocenters. The number of hydrogen-bond acceptors (Lipinski definition) is 5. The standard InChI is InChI=1S/C28H32ClN3O5S/c1-20(2)30-28(34)21(3)31(18-22-13-15-25(37-4)16-14-22)27(33)19-32(24-10-8-9-23(29)17-24)38(35,36)26-11-6-5-7-12-26/h5-17,20-21H,18-19H2,1-4H3,(H,30,34). The monoisotopic (exact) mass is 557 g/mol. The number of methoxy groups -OCH3 is 1. The summed E-state index contributed by atoms with van der Waals surface area (Å²) in [7, 11) is -2.58. The number of hydrogen-bond donors (Lipinski definition) is 1. The fourth-order valence-corrected chi connectivity index (χ4v) is 5.41. The minimum atomic E-state index is -4.14. The van der Waals surface area contributed by atoms with Gasteiger partial charge in [-0.1, -0.05) is 48.0 Å². The van der Waals surface area contributed by atoms with E-state index in [1.165, 1.54) is 23.1 Å². The molecule has 0 heterocycles. The van der Waals surface area contributed by atoms with E-state index in [9.17, 15) is 18.0 Å². The van der Waals surface area contributed by atoms with Gasteiger partial charge in [-0.2, -0.15) is 0 Å².